The fourth-order valence-corrected chi connectivity index (χ4v) is 0.863. The molecule has 0 atom stereocenters. The van der Waals surface area contributed by atoms with Gasteiger partial charge < -0.3 is 4.42 Å². The highest BCUT2D eigenvalue weighted by atomic mass is 16.3. The maximum atomic E-state index is 9.70. The molecule has 1 heterocycles. The Morgan fingerprint density at radius 3 is 3.09 bits per heavy atom. The van der Waals surface area contributed by atoms with E-state index in [1.807, 2.05) is 13.0 Å². The average Bonchev–Trinajstić information content (AvgIpc) is 2.37. The van der Waals surface area contributed by atoms with Gasteiger partial charge in [0.15, 0.2) is 0 Å². The summed E-state index contributed by atoms with van der Waals surface area (Å²) in [6.45, 7) is 2.42. The van der Waals surface area contributed by atoms with Crippen molar-refractivity contribution in [1.82, 2.24) is 0 Å². The van der Waals surface area contributed by atoms with Gasteiger partial charge >= 0.3 is 0 Å². The molecule has 1 rings (SSSR count). The molecule has 0 saturated carbocycles. The molecule has 3 heteroatoms. The smallest absolute Gasteiger partial charge is 0.234 e. The Labute approximate surface area is 64.7 Å². The maximum absolute atomic E-state index is 9.70. The van der Waals surface area contributed by atoms with Crippen LogP contribution >= 0.6 is 0 Å². The molecule has 0 saturated heterocycles. The van der Waals surface area contributed by atoms with Crippen LogP contribution in [-0.4, -0.2) is 12.6 Å². The van der Waals surface area contributed by atoms with Crippen molar-refractivity contribution in [3.8, 4) is 0 Å². The number of carbonyl (C=O) groups excluding carboxylic acids is 1. The number of rotatable bonds is 3. The van der Waals surface area contributed by atoms with Gasteiger partial charge in [0.25, 0.3) is 0 Å². The van der Waals surface area contributed by atoms with E-state index >= 15 is 0 Å². The van der Waals surface area contributed by atoms with Crippen LogP contribution in [0.3, 0.4) is 0 Å². The molecule has 0 aliphatic carbocycles. The second-order valence-electron chi connectivity index (χ2n) is 2.25. The van der Waals surface area contributed by atoms with Gasteiger partial charge in [0.05, 0.1) is 12.8 Å². The molecule has 0 aliphatic rings. The van der Waals surface area contributed by atoms with Gasteiger partial charge in [-0.15, -0.1) is 0 Å². The summed E-state index contributed by atoms with van der Waals surface area (Å²) in [5, 5.41) is 0. The number of aliphatic imine (C=N–C) groups is 1. The zero-order chi connectivity index (χ0) is 8.10. The van der Waals surface area contributed by atoms with E-state index < -0.39 is 0 Å². The molecule has 58 valence electrons. The van der Waals surface area contributed by atoms with Gasteiger partial charge in [-0.1, -0.05) is 0 Å². The van der Waals surface area contributed by atoms with Crippen LogP contribution in [0.25, 0.3) is 0 Å². The van der Waals surface area contributed by atoms with E-state index in [2.05, 4.69) is 4.99 Å². The van der Waals surface area contributed by atoms with Crippen LogP contribution in [0, 0.1) is 6.92 Å². The van der Waals surface area contributed by atoms with Crippen molar-refractivity contribution in [3.63, 3.8) is 0 Å². The van der Waals surface area contributed by atoms with Crippen molar-refractivity contribution in [2.24, 2.45) is 4.99 Å². The molecule has 1 aromatic heterocycles. The maximum Gasteiger partial charge on any atom is 0.234 e. The SMILES string of the molecule is Cc1ccoc1CCN=C=O. The summed E-state index contributed by atoms with van der Waals surface area (Å²) in [6.07, 6.45) is 3.79. The summed E-state index contributed by atoms with van der Waals surface area (Å²) < 4.78 is 5.12. The van der Waals surface area contributed by atoms with E-state index in [4.69, 9.17) is 4.42 Å². The first-order chi connectivity index (χ1) is 5.34. The lowest BCUT2D eigenvalue weighted by molar-refractivity contribution is 0.507. The molecule has 3 nitrogen and oxygen atoms in total. The minimum atomic E-state index is 0.456. The van der Waals surface area contributed by atoms with Crippen LogP contribution in [-0.2, 0) is 11.2 Å². The lowest BCUT2D eigenvalue weighted by Crippen LogP contribution is -1.88. The molecule has 1 aromatic rings. The van der Waals surface area contributed by atoms with Gasteiger partial charge in [-0.2, -0.15) is 0 Å². The Bertz CT molecular complexity index is 271. The molecular formula is C8H9NO2. The van der Waals surface area contributed by atoms with Gasteiger partial charge in [-0.05, 0) is 18.6 Å². The second-order valence-corrected chi connectivity index (χ2v) is 2.25. The quantitative estimate of drug-likeness (QED) is 0.485. The van der Waals surface area contributed by atoms with E-state index in [0.29, 0.717) is 13.0 Å². The normalized spacial score (nSPS) is 9.18. The Morgan fingerprint density at radius 1 is 1.73 bits per heavy atom. The molecular weight excluding hydrogens is 142 g/mol. The zero-order valence-electron chi connectivity index (χ0n) is 6.33. The van der Waals surface area contributed by atoms with Crippen LogP contribution in [0.4, 0.5) is 0 Å². The van der Waals surface area contributed by atoms with Gasteiger partial charge in [-0.25, -0.2) is 9.79 Å². The third-order valence-corrected chi connectivity index (χ3v) is 1.48. The van der Waals surface area contributed by atoms with E-state index in [0.717, 1.165) is 11.3 Å². The topological polar surface area (TPSA) is 42.6 Å². The molecule has 0 aliphatic heterocycles. The van der Waals surface area contributed by atoms with Gasteiger partial charge in [-0.3, -0.25) is 0 Å². The highest BCUT2D eigenvalue weighted by Gasteiger charge is 1.99. The van der Waals surface area contributed by atoms with Crippen LogP contribution in [0.5, 0.6) is 0 Å². The predicted octanol–water partition coefficient (Wildman–Crippen LogP) is 1.47. The van der Waals surface area contributed by atoms with Crippen LogP contribution in [0.1, 0.15) is 11.3 Å². The number of isocyanates is 1. The molecule has 0 amide bonds. The van der Waals surface area contributed by atoms with Crippen molar-refractivity contribution in [3.05, 3.63) is 23.7 Å². The van der Waals surface area contributed by atoms with Crippen molar-refractivity contribution in [2.45, 2.75) is 13.3 Å². The summed E-state index contributed by atoms with van der Waals surface area (Å²) in [7, 11) is 0. The number of nitrogens with zero attached hydrogens (tertiary/aromatic N) is 1. The second kappa shape index (κ2) is 3.74. The van der Waals surface area contributed by atoms with Crippen molar-refractivity contribution >= 4 is 6.08 Å². The van der Waals surface area contributed by atoms with E-state index in [1.165, 1.54) is 6.08 Å². The Hall–Kier alpha value is -1.34. The highest BCUT2D eigenvalue weighted by Crippen LogP contribution is 2.08. The summed E-state index contributed by atoms with van der Waals surface area (Å²) >= 11 is 0. The lowest BCUT2D eigenvalue weighted by atomic mass is 10.2. The van der Waals surface area contributed by atoms with E-state index in [1.54, 1.807) is 6.26 Å². The number of hydrogen-bond acceptors (Lipinski definition) is 3. The fourth-order valence-electron chi connectivity index (χ4n) is 0.863. The summed E-state index contributed by atoms with van der Waals surface area (Å²) in [6, 6.07) is 1.89. The summed E-state index contributed by atoms with van der Waals surface area (Å²) in [5.41, 5.74) is 1.10. The molecule has 0 bridgehead atoms. The van der Waals surface area contributed by atoms with Gasteiger partial charge in [0.2, 0.25) is 6.08 Å². The fraction of sp³-hybridized carbons (Fsp3) is 0.375. The zero-order valence-corrected chi connectivity index (χ0v) is 6.33. The Kier molecular flexibility index (Phi) is 2.64. The summed E-state index contributed by atoms with van der Waals surface area (Å²) in [4.78, 5) is 13.1. The van der Waals surface area contributed by atoms with Gasteiger partial charge in [0, 0.05) is 6.42 Å². The van der Waals surface area contributed by atoms with Crippen molar-refractivity contribution < 1.29 is 9.21 Å². The summed E-state index contributed by atoms with van der Waals surface area (Å²) in [5.74, 6) is 0.893. The predicted molar refractivity (Wildman–Crippen MR) is 40.1 cm³/mol. The first-order valence-corrected chi connectivity index (χ1v) is 3.41. The Morgan fingerprint density at radius 2 is 2.55 bits per heavy atom. The number of aryl methyl sites for hydroxylation is 1. The van der Waals surface area contributed by atoms with Crippen molar-refractivity contribution in [1.29, 1.82) is 0 Å². The largest absolute Gasteiger partial charge is 0.469 e. The van der Waals surface area contributed by atoms with Crippen molar-refractivity contribution in [2.75, 3.05) is 6.54 Å². The minimum Gasteiger partial charge on any atom is -0.469 e. The highest BCUT2D eigenvalue weighted by molar-refractivity contribution is 5.32. The number of hydrogen-bond donors (Lipinski definition) is 0. The van der Waals surface area contributed by atoms with Crippen LogP contribution < -0.4 is 0 Å². The molecule has 0 aromatic carbocycles. The van der Waals surface area contributed by atoms with Crippen LogP contribution in [0.2, 0.25) is 0 Å². The standard InChI is InChI=1S/C8H9NO2/c1-7-3-5-11-8(7)2-4-9-6-10/h3,5H,2,4H2,1H3. The molecule has 0 radical (unpaired) electrons. The molecule has 0 unspecified atom stereocenters. The molecule has 0 spiro atoms. The Balaban J connectivity index is 2.50. The first kappa shape index (κ1) is 7.76. The third kappa shape index (κ3) is 2.06. The van der Waals surface area contributed by atoms with E-state index in [-0.39, 0.29) is 0 Å². The monoisotopic (exact) mass is 151 g/mol. The molecule has 0 fully saturated rings. The molecule has 11 heavy (non-hydrogen) atoms. The average molecular weight is 151 g/mol. The molecule has 0 N–H and O–H groups in total. The van der Waals surface area contributed by atoms with E-state index in [9.17, 15) is 4.79 Å². The number of furan rings is 1. The lowest BCUT2D eigenvalue weighted by Gasteiger charge is -1.91. The third-order valence-electron chi connectivity index (χ3n) is 1.48. The first-order valence-electron chi connectivity index (χ1n) is 3.41. The van der Waals surface area contributed by atoms with Crippen LogP contribution in [0.15, 0.2) is 21.7 Å². The minimum absolute atomic E-state index is 0.456. The van der Waals surface area contributed by atoms with Gasteiger partial charge in [0.1, 0.15) is 5.76 Å².